The quantitative estimate of drug-likeness (QED) is 0.602. The van der Waals surface area contributed by atoms with E-state index in [0.29, 0.717) is 17.3 Å². The Morgan fingerprint density at radius 1 is 1.22 bits per heavy atom. The molecule has 0 saturated carbocycles. The molecule has 0 radical (unpaired) electrons. The van der Waals surface area contributed by atoms with Gasteiger partial charge in [-0.05, 0) is 17.5 Å². The lowest BCUT2D eigenvalue weighted by atomic mass is 10.0. The molecule has 0 aliphatic heterocycles. The first-order valence-electron chi connectivity index (χ1n) is 5.85. The van der Waals surface area contributed by atoms with Gasteiger partial charge in [0.2, 0.25) is 6.08 Å². The third-order valence-electron chi connectivity index (χ3n) is 2.77. The zero-order valence-corrected chi connectivity index (χ0v) is 10.4. The molecule has 0 unspecified atom stereocenters. The number of pyridine rings is 1. The van der Waals surface area contributed by atoms with Crippen LogP contribution in [0.1, 0.15) is 25.3 Å². The lowest BCUT2D eigenvalue weighted by Gasteiger charge is -2.09. The standard InChI is InChI=1S/C15H14N2O/c1-11(2)13-8-14(17-10-18)15(16-9-13)12-6-4-3-5-7-12/h3-9,11H,1-2H3. The van der Waals surface area contributed by atoms with Crippen molar-refractivity contribution < 1.29 is 4.79 Å². The largest absolute Gasteiger partial charge is 0.254 e. The SMILES string of the molecule is CC(C)c1cnc(-c2ccccc2)c(N=C=O)c1. The second-order valence-electron chi connectivity index (χ2n) is 4.36. The Balaban J connectivity index is 2.57. The van der Waals surface area contributed by atoms with E-state index in [1.54, 1.807) is 6.08 Å². The number of aliphatic imine (C=N–C) groups is 1. The van der Waals surface area contributed by atoms with Gasteiger partial charge in [0.15, 0.2) is 0 Å². The Bertz CT molecular complexity index is 585. The monoisotopic (exact) mass is 238 g/mol. The van der Waals surface area contributed by atoms with Crippen molar-refractivity contribution in [3.05, 3.63) is 48.2 Å². The molecule has 0 amide bonds. The highest BCUT2D eigenvalue weighted by atomic mass is 16.1. The molecule has 0 N–H and O–H groups in total. The summed E-state index contributed by atoms with van der Waals surface area (Å²) >= 11 is 0. The van der Waals surface area contributed by atoms with Gasteiger partial charge in [0, 0.05) is 11.8 Å². The number of aromatic nitrogens is 1. The molecule has 0 spiro atoms. The van der Waals surface area contributed by atoms with Gasteiger partial charge in [0.1, 0.15) is 5.69 Å². The molecule has 0 saturated heterocycles. The molecule has 90 valence electrons. The van der Waals surface area contributed by atoms with Gasteiger partial charge in [-0.2, -0.15) is 4.99 Å². The van der Waals surface area contributed by atoms with E-state index >= 15 is 0 Å². The van der Waals surface area contributed by atoms with E-state index in [1.165, 1.54) is 0 Å². The minimum absolute atomic E-state index is 0.350. The van der Waals surface area contributed by atoms with Crippen molar-refractivity contribution in [2.45, 2.75) is 19.8 Å². The first-order valence-corrected chi connectivity index (χ1v) is 5.85. The predicted octanol–water partition coefficient (Wildman–Crippen LogP) is 3.84. The fourth-order valence-electron chi connectivity index (χ4n) is 1.74. The highest BCUT2D eigenvalue weighted by molar-refractivity contribution is 5.74. The summed E-state index contributed by atoms with van der Waals surface area (Å²) in [5.74, 6) is 0.350. The molecule has 0 atom stereocenters. The highest BCUT2D eigenvalue weighted by Gasteiger charge is 2.09. The van der Waals surface area contributed by atoms with Crippen LogP contribution in [0.4, 0.5) is 5.69 Å². The number of nitrogens with zero attached hydrogens (tertiary/aromatic N) is 2. The van der Waals surface area contributed by atoms with E-state index in [-0.39, 0.29) is 0 Å². The van der Waals surface area contributed by atoms with E-state index in [2.05, 4.69) is 23.8 Å². The Labute approximate surface area is 106 Å². The summed E-state index contributed by atoms with van der Waals surface area (Å²) in [6.07, 6.45) is 3.43. The summed E-state index contributed by atoms with van der Waals surface area (Å²) in [4.78, 5) is 18.7. The second kappa shape index (κ2) is 5.39. The Hall–Kier alpha value is -2.25. The van der Waals surface area contributed by atoms with Gasteiger partial charge in [-0.3, -0.25) is 4.98 Å². The molecular formula is C15H14N2O. The first-order chi connectivity index (χ1) is 8.72. The Kier molecular flexibility index (Phi) is 3.66. The van der Waals surface area contributed by atoms with Crippen LogP contribution in [-0.2, 0) is 4.79 Å². The van der Waals surface area contributed by atoms with Crippen LogP contribution in [-0.4, -0.2) is 11.1 Å². The summed E-state index contributed by atoms with van der Waals surface area (Å²) in [7, 11) is 0. The minimum atomic E-state index is 0.350. The summed E-state index contributed by atoms with van der Waals surface area (Å²) in [6.45, 7) is 4.15. The third-order valence-corrected chi connectivity index (χ3v) is 2.77. The van der Waals surface area contributed by atoms with Crippen molar-refractivity contribution in [2.24, 2.45) is 4.99 Å². The van der Waals surface area contributed by atoms with Crippen LogP contribution < -0.4 is 0 Å². The normalized spacial score (nSPS) is 10.2. The smallest absolute Gasteiger partial charge is 0.240 e. The molecule has 3 nitrogen and oxygen atoms in total. The van der Waals surface area contributed by atoms with Crippen LogP contribution in [0.15, 0.2) is 47.6 Å². The zero-order chi connectivity index (χ0) is 13.0. The molecule has 1 heterocycles. The molecule has 3 heteroatoms. The summed E-state index contributed by atoms with van der Waals surface area (Å²) in [5, 5.41) is 0. The van der Waals surface area contributed by atoms with Crippen molar-refractivity contribution in [1.29, 1.82) is 0 Å². The number of hydrogen-bond donors (Lipinski definition) is 0. The minimum Gasteiger partial charge on any atom is -0.254 e. The number of benzene rings is 1. The molecule has 1 aromatic heterocycles. The van der Waals surface area contributed by atoms with Crippen LogP contribution in [0, 0.1) is 0 Å². The maximum absolute atomic E-state index is 10.5. The average molecular weight is 238 g/mol. The van der Waals surface area contributed by atoms with Crippen LogP contribution in [0.3, 0.4) is 0 Å². The molecule has 0 aliphatic rings. The van der Waals surface area contributed by atoms with Gasteiger partial charge in [-0.25, -0.2) is 4.79 Å². The van der Waals surface area contributed by atoms with E-state index in [0.717, 1.165) is 11.1 Å². The van der Waals surface area contributed by atoms with Gasteiger partial charge in [0.05, 0.1) is 5.69 Å². The van der Waals surface area contributed by atoms with Gasteiger partial charge in [-0.15, -0.1) is 0 Å². The number of isocyanates is 1. The van der Waals surface area contributed by atoms with E-state index in [4.69, 9.17) is 0 Å². The molecule has 0 bridgehead atoms. The molecule has 0 fully saturated rings. The van der Waals surface area contributed by atoms with Crippen LogP contribution in [0.2, 0.25) is 0 Å². The summed E-state index contributed by atoms with van der Waals surface area (Å²) in [6, 6.07) is 11.6. The zero-order valence-electron chi connectivity index (χ0n) is 10.4. The fourth-order valence-corrected chi connectivity index (χ4v) is 1.74. The predicted molar refractivity (Wildman–Crippen MR) is 71.5 cm³/mol. The van der Waals surface area contributed by atoms with Gasteiger partial charge < -0.3 is 0 Å². The van der Waals surface area contributed by atoms with Crippen LogP contribution in [0.5, 0.6) is 0 Å². The average Bonchev–Trinajstić information content (AvgIpc) is 2.40. The summed E-state index contributed by atoms with van der Waals surface area (Å²) in [5.41, 5.74) is 3.29. The van der Waals surface area contributed by atoms with Crippen LogP contribution >= 0.6 is 0 Å². The number of carbonyl (C=O) groups excluding carboxylic acids is 1. The second-order valence-corrected chi connectivity index (χ2v) is 4.36. The van der Waals surface area contributed by atoms with Gasteiger partial charge in [-0.1, -0.05) is 44.2 Å². The highest BCUT2D eigenvalue weighted by Crippen LogP contribution is 2.30. The topological polar surface area (TPSA) is 42.3 Å². The first kappa shape index (κ1) is 12.2. The van der Waals surface area contributed by atoms with Gasteiger partial charge in [0.25, 0.3) is 0 Å². The number of hydrogen-bond acceptors (Lipinski definition) is 3. The molecule has 2 aromatic rings. The van der Waals surface area contributed by atoms with Crippen molar-refractivity contribution in [3.63, 3.8) is 0 Å². The number of rotatable bonds is 3. The van der Waals surface area contributed by atoms with E-state index < -0.39 is 0 Å². The van der Waals surface area contributed by atoms with Gasteiger partial charge >= 0.3 is 0 Å². The van der Waals surface area contributed by atoms with Crippen molar-refractivity contribution in [1.82, 2.24) is 4.98 Å². The van der Waals surface area contributed by atoms with Crippen molar-refractivity contribution in [3.8, 4) is 11.3 Å². The maximum atomic E-state index is 10.5. The third kappa shape index (κ3) is 2.53. The van der Waals surface area contributed by atoms with Crippen molar-refractivity contribution in [2.75, 3.05) is 0 Å². The summed E-state index contributed by atoms with van der Waals surface area (Å²) < 4.78 is 0. The lowest BCUT2D eigenvalue weighted by molar-refractivity contribution is 0.565. The molecule has 1 aromatic carbocycles. The molecule has 2 rings (SSSR count). The van der Waals surface area contributed by atoms with Crippen LogP contribution in [0.25, 0.3) is 11.3 Å². The van der Waals surface area contributed by atoms with E-state index in [9.17, 15) is 4.79 Å². The molecule has 0 aliphatic carbocycles. The van der Waals surface area contributed by atoms with Crippen molar-refractivity contribution >= 4 is 11.8 Å². The fraction of sp³-hybridized carbons (Fsp3) is 0.200. The molecular weight excluding hydrogens is 224 g/mol. The Morgan fingerprint density at radius 3 is 2.56 bits per heavy atom. The van der Waals surface area contributed by atoms with E-state index in [1.807, 2.05) is 42.6 Å². The Morgan fingerprint density at radius 2 is 1.94 bits per heavy atom. The lowest BCUT2D eigenvalue weighted by Crippen LogP contribution is -1.91. The molecule has 18 heavy (non-hydrogen) atoms. The maximum Gasteiger partial charge on any atom is 0.240 e.